The summed E-state index contributed by atoms with van der Waals surface area (Å²) in [5.41, 5.74) is 0. The SMILES string of the molecule is O=S(=O)(O)O.O=S(=O)(O)O.OC1(O)CCCCC1. The van der Waals surface area contributed by atoms with E-state index >= 15 is 0 Å². The van der Waals surface area contributed by atoms with Crippen LogP contribution in [-0.2, 0) is 20.8 Å². The van der Waals surface area contributed by atoms with Gasteiger partial charge in [0.25, 0.3) is 0 Å². The van der Waals surface area contributed by atoms with Crippen LogP contribution in [0.1, 0.15) is 32.1 Å². The molecule has 0 saturated heterocycles. The Balaban J connectivity index is 0. The maximum Gasteiger partial charge on any atom is 0.394 e. The summed E-state index contributed by atoms with van der Waals surface area (Å²) in [6.45, 7) is 0. The Labute approximate surface area is 104 Å². The van der Waals surface area contributed by atoms with Crippen LogP contribution in [0, 0.1) is 0 Å². The third-order valence-corrected chi connectivity index (χ3v) is 1.65. The molecule has 0 heterocycles. The molecular formula is C6H16O10S2. The lowest BCUT2D eigenvalue weighted by atomic mass is 9.95. The normalized spacial score (nSPS) is 18.8. The van der Waals surface area contributed by atoms with Gasteiger partial charge >= 0.3 is 20.8 Å². The zero-order valence-electron chi connectivity index (χ0n) is 9.17. The minimum absolute atomic E-state index is 0.562. The van der Waals surface area contributed by atoms with E-state index in [0.29, 0.717) is 12.8 Å². The van der Waals surface area contributed by atoms with E-state index in [1.165, 1.54) is 0 Å². The summed E-state index contributed by atoms with van der Waals surface area (Å²) in [4.78, 5) is 0. The second kappa shape index (κ2) is 7.96. The molecule has 0 aromatic carbocycles. The van der Waals surface area contributed by atoms with Gasteiger partial charge in [0.05, 0.1) is 0 Å². The largest absolute Gasteiger partial charge is 0.394 e. The molecule has 12 heteroatoms. The first-order valence-corrected chi connectivity index (χ1v) is 7.35. The van der Waals surface area contributed by atoms with Crippen molar-refractivity contribution < 1.29 is 45.3 Å². The predicted octanol–water partition coefficient (Wildman–Crippen LogP) is -0.674. The minimum Gasteiger partial charge on any atom is -0.366 e. The molecule has 6 N–H and O–H groups in total. The van der Waals surface area contributed by atoms with Crippen LogP contribution >= 0.6 is 0 Å². The fraction of sp³-hybridized carbons (Fsp3) is 1.00. The number of hydrogen-bond donors (Lipinski definition) is 6. The fourth-order valence-corrected chi connectivity index (χ4v) is 1.12. The Hall–Kier alpha value is -0.340. The van der Waals surface area contributed by atoms with E-state index < -0.39 is 26.6 Å². The Kier molecular flexibility index (Phi) is 8.84. The molecule has 1 rings (SSSR count). The van der Waals surface area contributed by atoms with Gasteiger partial charge < -0.3 is 10.2 Å². The van der Waals surface area contributed by atoms with Crippen LogP contribution in [0.15, 0.2) is 0 Å². The van der Waals surface area contributed by atoms with Crippen molar-refractivity contribution >= 4 is 20.8 Å². The molecule has 112 valence electrons. The Bertz CT molecular complexity index is 354. The van der Waals surface area contributed by atoms with E-state index in [9.17, 15) is 0 Å². The first-order valence-electron chi connectivity index (χ1n) is 4.55. The summed E-state index contributed by atoms with van der Waals surface area (Å²) in [6, 6.07) is 0. The van der Waals surface area contributed by atoms with Gasteiger partial charge in [0.1, 0.15) is 0 Å². The maximum absolute atomic E-state index is 8.93. The third kappa shape index (κ3) is 36.1. The molecule has 0 spiro atoms. The summed E-state index contributed by atoms with van der Waals surface area (Å²) >= 11 is 0. The molecule has 1 saturated carbocycles. The van der Waals surface area contributed by atoms with Crippen molar-refractivity contribution in [1.29, 1.82) is 0 Å². The lowest BCUT2D eigenvalue weighted by Crippen LogP contribution is -2.30. The second-order valence-corrected chi connectivity index (χ2v) is 5.23. The van der Waals surface area contributed by atoms with Crippen LogP contribution in [0.5, 0.6) is 0 Å². The molecule has 18 heavy (non-hydrogen) atoms. The number of hydrogen-bond acceptors (Lipinski definition) is 6. The average molecular weight is 312 g/mol. The molecule has 0 radical (unpaired) electrons. The third-order valence-electron chi connectivity index (χ3n) is 1.65. The quantitative estimate of drug-likeness (QED) is 0.247. The summed E-state index contributed by atoms with van der Waals surface area (Å²) < 4.78 is 63.2. The number of rotatable bonds is 0. The van der Waals surface area contributed by atoms with Gasteiger partial charge in [-0.3, -0.25) is 18.2 Å². The van der Waals surface area contributed by atoms with Crippen molar-refractivity contribution in [2.75, 3.05) is 0 Å². The Morgan fingerprint density at radius 2 is 0.889 bits per heavy atom. The van der Waals surface area contributed by atoms with Gasteiger partial charge in [-0.05, 0) is 12.8 Å². The van der Waals surface area contributed by atoms with Crippen molar-refractivity contribution in [2.24, 2.45) is 0 Å². The average Bonchev–Trinajstić information content (AvgIpc) is 1.96. The molecule has 0 aliphatic heterocycles. The van der Waals surface area contributed by atoms with Crippen molar-refractivity contribution in [3.8, 4) is 0 Å². The van der Waals surface area contributed by atoms with E-state index in [1.54, 1.807) is 0 Å². The Morgan fingerprint density at radius 3 is 1.00 bits per heavy atom. The lowest BCUT2D eigenvalue weighted by Gasteiger charge is -2.25. The topological polar surface area (TPSA) is 190 Å². The molecule has 1 fully saturated rings. The zero-order chi connectivity index (χ0) is 15.0. The molecule has 0 amide bonds. The van der Waals surface area contributed by atoms with Crippen molar-refractivity contribution in [3.63, 3.8) is 0 Å². The highest BCUT2D eigenvalue weighted by Gasteiger charge is 2.24. The summed E-state index contributed by atoms with van der Waals surface area (Å²) in [5.74, 6) is -1.32. The smallest absolute Gasteiger partial charge is 0.366 e. The van der Waals surface area contributed by atoms with Crippen molar-refractivity contribution in [3.05, 3.63) is 0 Å². The predicted molar refractivity (Wildman–Crippen MR) is 58.6 cm³/mol. The highest BCUT2D eigenvalue weighted by molar-refractivity contribution is 7.80. The van der Waals surface area contributed by atoms with Crippen molar-refractivity contribution in [1.82, 2.24) is 0 Å². The Morgan fingerprint density at radius 1 is 0.667 bits per heavy atom. The molecule has 0 atom stereocenters. The van der Waals surface area contributed by atoms with Crippen LogP contribution in [-0.4, -0.2) is 51.0 Å². The molecule has 0 bridgehead atoms. The summed E-state index contributed by atoms with van der Waals surface area (Å²) in [6.07, 6.45) is 4.21. The monoisotopic (exact) mass is 312 g/mol. The summed E-state index contributed by atoms with van der Waals surface area (Å²) in [7, 11) is -9.33. The standard InChI is InChI=1S/C6H12O2.2H2O4S/c7-6(8)4-2-1-3-5-6;2*1-5(2,3)4/h7-8H,1-5H2;2*(H2,1,2,3,4). The molecule has 0 aromatic rings. The lowest BCUT2D eigenvalue weighted by molar-refractivity contribution is -0.180. The van der Waals surface area contributed by atoms with Gasteiger partial charge in [0, 0.05) is 12.8 Å². The molecular weight excluding hydrogens is 296 g/mol. The first-order chi connectivity index (χ1) is 7.71. The zero-order valence-corrected chi connectivity index (χ0v) is 10.8. The molecule has 10 nitrogen and oxygen atoms in total. The van der Waals surface area contributed by atoms with Gasteiger partial charge in [-0.1, -0.05) is 6.42 Å². The van der Waals surface area contributed by atoms with E-state index in [4.69, 9.17) is 45.3 Å². The molecule has 0 unspecified atom stereocenters. The van der Waals surface area contributed by atoms with Gasteiger partial charge in [-0.2, -0.15) is 16.8 Å². The maximum atomic E-state index is 8.93. The van der Waals surface area contributed by atoms with Gasteiger partial charge in [-0.15, -0.1) is 0 Å². The molecule has 1 aliphatic carbocycles. The van der Waals surface area contributed by atoms with Gasteiger partial charge in [-0.25, -0.2) is 0 Å². The summed E-state index contributed by atoms with van der Waals surface area (Å²) in [5, 5.41) is 17.9. The second-order valence-electron chi connectivity index (χ2n) is 3.44. The van der Waals surface area contributed by atoms with E-state index in [2.05, 4.69) is 0 Å². The van der Waals surface area contributed by atoms with Crippen LogP contribution in [0.2, 0.25) is 0 Å². The number of aliphatic hydroxyl groups is 2. The highest BCUT2D eigenvalue weighted by atomic mass is 32.3. The van der Waals surface area contributed by atoms with Crippen LogP contribution in [0.4, 0.5) is 0 Å². The van der Waals surface area contributed by atoms with E-state index in [1.807, 2.05) is 0 Å². The van der Waals surface area contributed by atoms with E-state index in [-0.39, 0.29) is 0 Å². The van der Waals surface area contributed by atoms with E-state index in [0.717, 1.165) is 19.3 Å². The fourth-order valence-electron chi connectivity index (χ4n) is 1.12. The highest BCUT2D eigenvalue weighted by Crippen LogP contribution is 2.24. The van der Waals surface area contributed by atoms with Crippen LogP contribution in [0.3, 0.4) is 0 Å². The van der Waals surface area contributed by atoms with Crippen LogP contribution < -0.4 is 0 Å². The molecule has 0 aromatic heterocycles. The van der Waals surface area contributed by atoms with Crippen LogP contribution in [0.25, 0.3) is 0 Å². The van der Waals surface area contributed by atoms with Gasteiger partial charge in [0.2, 0.25) is 0 Å². The molecule has 1 aliphatic rings. The minimum atomic E-state index is -4.67. The van der Waals surface area contributed by atoms with Crippen molar-refractivity contribution in [2.45, 2.75) is 37.9 Å². The first kappa shape index (κ1) is 20.0. The van der Waals surface area contributed by atoms with Gasteiger partial charge in [0.15, 0.2) is 5.79 Å².